The van der Waals surface area contributed by atoms with E-state index < -0.39 is 0 Å². The Morgan fingerprint density at radius 3 is 1.94 bits per heavy atom. The van der Waals surface area contributed by atoms with Gasteiger partial charge in [0, 0.05) is 24.5 Å². The molecule has 0 saturated heterocycles. The number of nitrogens with zero attached hydrogens (tertiary/aromatic N) is 1. The van der Waals surface area contributed by atoms with Crippen molar-refractivity contribution in [2.45, 2.75) is 34.6 Å². The van der Waals surface area contributed by atoms with Crippen molar-refractivity contribution in [1.82, 2.24) is 4.90 Å². The number of likely N-dealkylation sites (N-methyl/N-ethyl adjacent to an activating group) is 1. The van der Waals surface area contributed by atoms with Crippen LogP contribution in [0.3, 0.4) is 0 Å². The summed E-state index contributed by atoms with van der Waals surface area (Å²) in [6, 6.07) is 0. The van der Waals surface area contributed by atoms with Crippen LogP contribution in [0.15, 0.2) is 37.1 Å². The first kappa shape index (κ1) is 20.7. The standard InChI is InChI=1S/C10H17NS.2C2H6/c1-4-7-10(5-2)11(6-3)8-9-12;2*1-2/h4-5,7,12H,1-2,6,8-9H2,3H3;2*1-2H3/b10-7+;;. The molecule has 0 aromatic carbocycles. The summed E-state index contributed by atoms with van der Waals surface area (Å²) in [5, 5.41) is 0. The monoisotopic (exact) mass is 243 g/mol. The fraction of sp³-hybridized carbons (Fsp3) is 0.571. The van der Waals surface area contributed by atoms with Crippen LogP contribution in [0, 0.1) is 0 Å². The Balaban J connectivity index is -0.000000376. The third-order valence-corrected chi connectivity index (χ3v) is 1.81. The Morgan fingerprint density at radius 1 is 1.19 bits per heavy atom. The molecule has 0 aliphatic rings. The van der Waals surface area contributed by atoms with E-state index in [0.717, 1.165) is 24.5 Å². The zero-order valence-electron chi connectivity index (χ0n) is 11.7. The minimum Gasteiger partial charge on any atom is -0.371 e. The van der Waals surface area contributed by atoms with Crippen molar-refractivity contribution in [1.29, 1.82) is 0 Å². The molecule has 0 heterocycles. The van der Waals surface area contributed by atoms with Gasteiger partial charge in [0.05, 0.1) is 0 Å². The summed E-state index contributed by atoms with van der Waals surface area (Å²) in [7, 11) is 0. The molecule has 0 aliphatic carbocycles. The molecule has 0 rings (SSSR count). The van der Waals surface area contributed by atoms with Gasteiger partial charge in [0.1, 0.15) is 0 Å². The van der Waals surface area contributed by atoms with E-state index in [1.54, 1.807) is 6.08 Å². The molecule has 0 N–H and O–H groups in total. The highest BCUT2D eigenvalue weighted by Gasteiger charge is 2.00. The minimum atomic E-state index is 0.857. The SMILES string of the molecule is C=C/C=C(\C=C)N(CC)CCS.CC.CC. The highest BCUT2D eigenvalue weighted by Crippen LogP contribution is 2.05. The molecule has 16 heavy (non-hydrogen) atoms. The van der Waals surface area contributed by atoms with Crippen LogP contribution < -0.4 is 0 Å². The van der Waals surface area contributed by atoms with Gasteiger partial charge in [0.2, 0.25) is 0 Å². The van der Waals surface area contributed by atoms with Crippen molar-refractivity contribution < 1.29 is 0 Å². The van der Waals surface area contributed by atoms with E-state index in [-0.39, 0.29) is 0 Å². The molecule has 0 aromatic rings. The summed E-state index contributed by atoms with van der Waals surface area (Å²) in [6.07, 6.45) is 5.58. The fourth-order valence-electron chi connectivity index (χ4n) is 1.01. The van der Waals surface area contributed by atoms with Gasteiger partial charge in [-0.1, -0.05) is 46.9 Å². The quantitative estimate of drug-likeness (QED) is 0.529. The second-order valence-corrected chi connectivity index (χ2v) is 2.78. The summed E-state index contributed by atoms with van der Waals surface area (Å²) in [6.45, 7) is 19.4. The van der Waals surface area contributed by atoms with E-state index in [1.807, 2.05) is 39.8 Å². The van der Waals surface area contributed by atoms with Crippen molar-refractivity contribution in [2.75, 3.05) is 18.8 Å². The number of thiol groups is 1. The highest BCUT2D eigenvalue weighted by atomic mass is 32.1. The largest absolute Gasteiger partial charge is 0.371 e. The molecule has 0 radical (unpaired) electrons. The van der Waals surface area contributed by atoms with E-state index in [9.17, 15) is 0 Å². The summed E-state index contributed by atoms with van der Waals surface area (Å²) in [5.74, 6) is 0.857. The van der Waals surface area contributed by atoms with E-state index in [2.05, 4.69) is 37.6 Å². The summed E-state index contributed by atoms with van der Waals surface area (Å²) in [4.78, 5) is 2.21. The molecule has 0 unspecified atom stereocenters. The average Bonchev–Trinajstić information content (AvgIpc) is 2.38. The van der Waals surface area contributed by atoms with Crippen LogP contribution >= 0.6 is 12.6 Å². The molecule has 0 saturated carbocycles. The van der Waals surface area contributed by atoms with Crippen molar-refractivity contribution in [3.05, 3.63) is 37.1 Å². The highest BCUT2D eigenvalue weighted by molar-refractivity contribution is 7.80. The Bertz CT molecular complexity index is 174. The first-order valence-corrected chi connectivity index (χ1v) is 6.74. The molecule has 0 amide bonds. The van der Waals surface area contributed by atoms with Gasteiger partial charge in [-0.15, -0.1) is 0 Å². The van der Waals surface area contributed by atoms with Crippen LogP contribution in [0.2, 0.25) is 0 Å². The number of rotatable bonds is 6. The van der Waals surface area contributed by atoms with Crippen molar-refractivity contribution >= 4 is 12.6 Å². The van der Waals surface area contributed by atoms with E-state index in [0.29, 0.717) is 0 Å². The molecular formula is C14H29NS. The van der Waals surface area contributed by atoms with Crippen LogP contribution in [-0.2, 0) is 0 Å². The van der Waals surface area contributed by atoms with Gasteiger partial charge >= 0.3 is 0 Å². The molecule has 0 fully saturated rings. The van der Waals surface area contributed by atoms with E-state index in [4.69, 9.17) is 0 Å². The molecule has 2 heteroatoms. The van der Waals surface area contributed by atoms with Crippen LogP contribution in [-0.4, -0.2) is 23.7 Å². The fourth-order valence-corrected chi connectivity index (χ4v) is 1.26. The number of hydrogen-bond donors (Lipinski definition) is 1. The topological polar surface area (TPSA) is 3.24 Å². The first-order valence-electron chi connectivity index (χ1n) is 6.11. The predicted octanol–water partition coefficient (Wildman–Crippen LogP) is 4.55. The lowest BCUT2D eigenvalue weighted by Gasteiger charge is -2.22. The Morgan fingerprint density at radius 2 is 1.69 bits per heavy atom. The van der Waals surface area contributed by atoms with Crippen molar-refractivity contribution in [3.63, 3.8) is 0 Å². The van der Waals surface area contributed by atoms with Crippen LogP contribution in [0.5, 0.6) is 0 Å². The third-order valence-electron chi connectivity index (χ3n) is 1.61. The lowest BCUT2D eigenvalue weighted by atomic mass is 10.3. The molecule has 0 aliphatic heterocycles. The Kier molecular flexibility index (Phi) is 25.8. The number of hydrogen-bond acceptors (Lipinski definition) is 2. The second-order valence-electron chi connectivity index (χ2n) is 2.33. The number of allylic oxidation sites excluding steroid dienone is 3. The first-order chi connectivity index (χ1) is 7.79. The molecule has 0 bridgehead atoms. The van der Waals surface area contributed by atoms with Crippen LogP contribution in [0.4, 0.5) is 0 Å². The van der Waals surface area contributed by atoms with Gasteiger partial charge in [-0.2, -0.15) is 12.6 Å². The Labute approximate surface area is 108 Å². The third kappa shape index (κ3) is 11.4. The average molecular weight is 243 g/mol. The summed E-state index contributed by atoms with van der Waals surface area (Å²) >= 11 is 4.19. The van der Waals surface area contributed by atoms with Crippen LogP contribution in [0.1, 0.15) is 34.6 Å². The second kappa shape index (κ2) is 19.9. The van der Waals surface area contributed by atoms with Gasteiger partial charge in [-0.05, 0) is 19.1 Å². The van der Waals surface area contributed by atoms with Gasteiger partial charge in [0.15, 0.2) is 0 Å². The zero-order valence-corrected chi connectivity index (χ0v) is 12.6. The maximum Gasteiger partial charge on any atom is 0.0360 e. The van der Waals surface area contributed by atoms with Crippen molar-refractivity contribution in [3.8, 4) is 0 Å². The van der Waals surface area contributed by atoms with E-state index in [1.165, 1.54) is 0 Å². The van der Waals surface area contributed by atoms with Crippen LogP contribution in [0.25, 0.3) is 0 Å². The zero-order chi connectivity index (χ0) is 13.4. The normalized spacial score (nSPS) is 9.00. The van der Waals surface area contributed by atoms with E-state index >= 15 is 0 Å². The minimum absolute atomic E-state index is 0.857. The molecule has 96 valence electrons. The molecule has 0 aromatic heterocycles. The Hall–Kier alpha value is -0.630. The molecular weight excluding hydrogens is 214 g/mol. The predicted molar refractivity (Wildman–Crippen MR) is 82.3 cm³/mol. The lowest BCUT2D eigenvalue weighted by Crippen LogP contribution is -2.23. The molecule has 0 atom stereocenters. The maximum absolute atomic E-state index is 4.19. The lowest BCUT2D eigenvalue weighted by molar-refractivity contribution is 0.398. The molecule has 0 spiro atoms. The van der Waals surface area contributed by atoms with Crippen molar-refractivity contribution in [2.24, 2.45) is 0 Å². The van der Waals surface area contributed by atoms with Gasteiger partial charge in [0.25, 0.3) is 0 Å². The summed E-state index contributed by atoms with van der Waals surface area (Å²) in [5.41, 5.74) is 1.11. The maximum atomic E-state index is 4.19. The van der Waals surface area contributed by atoms with Gasteiger partial charge in [-0.25, -0.2) is 0 Å². The molecule has 1 nitrogen and oxygen atoms in total. The summed E-state index contributed by atoms with van der Waals surface area (Å²) < 4.78 is 0. The van der Waals surface area contributed by atoms with Gasteiger partial charge in [-0.3, -0.25) is 0 Å². The smallest absolute Gasteiger partial charge is 0.0360 e. The van der Waals surface area contributed by atoms with Gasteiger partial charge < -0.3 is 4.90 Å².